The maximum atomic E-state index is 12.1. The number of nitrogens with zero attached hydrogens (tertiary/aromatic N) is 2. The Kier molecular flexibility index (Phi) is 12.7. The third kappa shape index (κ3) is 9.73. The monoisotopic (exact) mass is 485 g/mol. The van der Waals surface area contributed by atoms with Crippen molar-refractivity contribution < 1.29 is 23.0 Å². The highest BCUT2D eigenvalue weighted by atomic mass is 127. The lowest BCUT2D eigenvalue weighted by Gasteiger charge is -2.22. The average molecular weight is 485 g/mol. The van der Waals surface area contributed by atoms with Crippen LogP contribution in [0.25, 0.3) is 0 Å². The van der Waals surface area contributed by atoms with Gasteiger partial charge in [-0.1, -0.05) is 12.1 Å². The Morgan fingerprint density at radius 1 is 1.31 bits per heavy atom. The van der Waals surface area contributed by atoms with Crippen LogP contribution in [0.15, 0.2) is 29.3 Å². The molecule has 0 atom stereocenters. The molecular formula is C17H26F2IN3O3. The summed E-state index contributed by atoms with van der Waals surface area (Å²) in [4.78, 5) is 17.4. The number of guanidine groups is 1. The van der Waals surface area contributed by atoms with E-state index in [0.29, 0.717) is 38.5 Å². The van der Waals surface area contributed by atoms with Crippen LogP contribution in [-0.2, 0) is 16.1 Å². The maximum absolute atomic E-state index is 12.1. The Balaban J connectivity index is 0.00000625. The van der Waals surface area contributed by atoms with Gasteiger partial charge >= 0.3 is 12.6 Å². The van der Waals surface area contributed by atoms with Crippen LogP contribution >= 0.6 is 24.0 Å². The van der Waals surface area contributed by atoms with Gasteiger partial charge in [-0.25, -0.2) is 0 Å². The van der Waals surface area contributed by atoms with Crippen molar-refractivity contribution in [3.63, 3.8) is 0 Å². The summed E-state index contributed by atoms with van der Waals surface area (Å²) in [5.74, 6) is 0.596. The summed E-state index contributed by atoms with van der Waals surface area (Å²) in [6.07, 6.45) is 0.999. The van der Waals surface area contributed by atoms with Crippen molar-refractivity contribution in [2.75, 3.05) is 27.2 Å². The molecule has 0 radical (unpaired) electrons. The number of hydrogen-bond donors (Lipinski definition) is 1. The Morgan fingerprint density at radius 2 is 1.96 bits per heavy atom. The lowest BCUT2D eigenvalue weighted by molar-refractivity contribution is -0.143. The van der Waals surface area contributed by atoms with Gasteiger partial charge in [0, 0.05) is 33.6 Å². The number of hydrogen-bond acceptors (Lipinski definition) is 4. The van der Waals surface area contributed by atoms with Gasteiger partial charge in [0.05, 0.1) is 6.61 Å². The first kappa shape index (κ1) is 24.4. The van der Waals surface area contributed by atoms with E-state index in [0.717, 1.165) is 5.56 Å². The van der Waals surface area contributed by atoms with Crippen molar-refractivity contribution in [1.82, 2.24) is 10.2 Å². The number of carbonyl (C=O) groups excluding carboxylic acids is 1. The zero-order valence-electron chi connectivity index (χ0n) is 15.2. The number of alkyl halides is 2. The molecule has 1 rings (SSSR count). The fraction of sp³-hybridized carbons (Fsp3) is 0.529. The number of carbonyl (C=O) groups is 1. The second-order valence-electron chi connectivity index (χ2n) is 5.26. The summed E-state index contributed by atoms with van der Waals surface area (Å²) in [7, 11) is 3.54. The molecule has 0 aliphatic rings. The highest BCUT2D eigenvalue weighted by Crippen LogP contribution is 2.15. The minimum atomic E-state index is -2.83. The largest absolute Gasteiger partial charge is 0.466 e. The molecule has 0 aliphatic heterocycles. The van der Waals surface area contributed by atoms with Crippen LogP contribution in [0.5, 0.6) is 5.75 Å². The van der Waals surface area contributed by atoms with E-state index < -0.39 is 6.61 Å². The van der Waals surface area contributed by atoms with Crippen molar-refractivity contribution in [2.24, 2.45) is 4.99 Å². The molecule has 148 valence electrons. The Morgan fingerprint density at radius 3 is 2.50 bits per heavy atom. The third-order valence-electron chi connectivity index (χ3n) is 3.29. The van der Waals surface area contributed by atoms with Crippen molar-refractivity contribution in [3.05, 3.63) is 29.8 Å². The smallest absolute Gasteiger partial charge is 0.387 e. The summed E-state index contributed by atoms with van der Waals surface area (Å²) in [5, 5.41) is 3.17. The molecule has 0 aromatic heterocycles. The fourth-order valence-corrected chi connectivity index (χ4v) is 2.18. The van der Waals surface area contributed by atoms with Gasteiger partial charge in [0.2, 0.25) is 0 Å². The quantitative estimate of drug-likeness (QED) is 0.191. The number of ether oxygens (including phenoxy) is 2. The normalized spacial score (nSPS) is 10.9. The molecule has 0 saturated carbocycles. The van der Waals surface area contributed by atoms with Gasteiger partial charge in [-0.05, 0) is 31.0 Å². The van der Waals surface area contributed by atoms with Gasteiger partial charge in [0.15, 0.2) is 5.96 Å². The molecule has 0 unspecified atom stereocenters. The van der Waals surface area contributed by atoms with Crippen LogP contribution in [0.4, 0.5) is 8.78 Å². The number of rotatable bonds is 9. The van der Waals surface area contributed by atoms with Crippen molar-refractivity contribution >= 4 is 35.9 Å². The summed E-state index contributed by atoms with van der Waals surface area (Å²) in [6.45, 7) is 0.478. The zero-order valence-corrected chi connectivity index (χ0v) is 17.5. The SMILES string of the molecule is CCOC(=O)CCCNC(=NC)N(C)Cc1ccc(OC(F)F)cc1.I. The van der Waals surface area contributed by atoms with Gasteiger partial charge in [-0.15, -0.1) is 24.0 Å². The lowest BCUT2D eigenvalue weighted by atomic mass is 10.2. The average Bonchev–Trinajstić information content (AvgIpc) is 2.56. The molecule has 0 spiro atoms. The van der Waals surface area contributed by atoms with Crippen LogP contribution in [0.2, 0.25) is 0 Å². The molecule has 0 amide bonds. The van der Waals surface area contributed by atoms with Gasteiger partial charge in [-0.2, -0.15) is 8.78 Å². The topological polar surface area (TPSA) is 63.2 Å². The van der Waals surface area contributed by atoms with E-state index in [4.69, 9.17) is 4.74 Å². The van der Waals surface area contributed by atoms with Gasteiger partial charge in [0.25, 0.3) is 0 Å². The minimum Gasteiger partial charge on any atom is -0.466 e. The van der Waals surface area contributed by atoms with Crippen LogP contribution in [0.3, 0.4) is 0 Å². The van der Waals surface area contributed by atoms with E-state index in [1.165, 1.54) is 12.1 Å². The van der Waals surface area contributed by atoms with E-state index in [1.54, 1.807) is 26.1 Å². The van der Waals surface area contributed by atoms with Gasteiger partial charge in [0.1, 0.15) is 5.75 Å². The van der Waals surface area contributed by atoms with Crippen molar-refractivity contribution in [2.45, 2.75) is 32.9 Å². The molecule has 9 heteroatoms. The predicted molar refractivity (Wildman–Crippen MR) is 107 cm³/mol. The number of nitrogens with one attached hydrogen (secondary N) is 1. The fourth-order valence-electron chi connectivity index (χ4n) is 2.18. The molecular weight excluding hydrogens is 459 g/mol. The second-order valence-corrected chi connectivity index (χ2v) is 5.26. The molecule has 6 nitrogen and oxygen atoms in total. The first-order valence-corrected chi connectivity index (χ1v) is 8.07. The summed E-state index contributed by atoms with van der Waals surface area (Å²) < 4.78 is 33.5. The number of benzene rings is 1. The summed E-state index contributed by atoms with van der Waals surface area (Å²) in [5.41, 5.74) is 0.929. The molecule has 0 fully saturated rings. The number of halogens is 3. The molecule has 0 saturated heterocycles. The predicted octanol–water partition coefficient (Wildman–Crippen LogP) is 3.26. The Labute approximate surface area is 170 Å². The first-order valence-electron chi connectivity index (χ1n) is 8.07. The highest BCUT2D eigenvalue weighted by Gasteiger charge is 2.08. The standard InChI is InChI=1S/C17H25F2N3O3.HI/c1-4-24-15(23)6-5-11-21-17(20-2)22(3)12-13-7-9-14(10-8-13)25-16(18)19;/h7-10,16H,4-6,11-12H2,1-3H3,(H,20,21);1H. The van der Waals surface area contributed by atoms with Gasteiger partial charge in [-0.3, -0.25) is 9.79 Å². The lowest BCUT2D eigenvalue weighted by Crippen LogP contribution is -2.39. The molecule has 0 bridgehead atoms. The maximum Gasteiger partial charge on any atom is 0.387 e. The molecule has 26 heavy (non-hydrogen) atoms. The van der Waals surface area contributed by atoms with E-state index in [9.17, 15) is 13.6 Å². The molecule has 1 N–H and O–H groups in total. The molecule has 0 aliphatic carbocycles. The highest BCUT2D eigenvalue weighted by molar-refractivity contribution is 14.0. The molecule has 0 heterocycles. The molecule has 1 aromatic rings. The van der Waals surface area contributed by atoms with Crippen LogP contribution in [0.1, 0.15) is 25.3 Å². The van der Waals surface area contributed by atoms with Crippen molar-refractivity contribution in [1.29, 1.82) is 0 Å². The van der Waals surface area contributed by atoms with Crippen LogP contribution in [0, 0.1) is 0 Å². The second kappa shape index (κ2) is 13.5. The third-order valence-corrected chi connectivity index (χ3v) is 3.29. The van der Waals surface area contributed by atoms with E-state index in [1.807, 2.05) is 11.9 Å². The number of aliphatic imine (C=N–C) groups is 1. The summed E-state index contributed by atoms with van der Waals surface area (Å²) >= 11 is 0. The Hall–Kier alpha value is -1.65. The number of esters is 1. The van der Waals surface area contributed by atoms with E-state index >= 15 is 0 Å². The van der Waals surface area contributed by atoms with Crippen LogP contribution in [-0.4, -0.2) is 50.7 Å². The van der Waals surface area contributed by atoms with E-state index in [-0.39, 0.29) is 35.7 Å². The van der Waals surface area contributed by atoms with Gasteiger partial charge < -0.3 is 19.7 Å². The van der Waals surface area contributed by atoms with E-state index in [2.05, 4.69) is 15.0 Å². The zero-order chi connectivity index (χ0) is 18.7. The Bertz CT molecular complexity index is 557. The molecule has 1 aromatic carbocycles. The first-order chi connectivity index (χ1) is 12.0. The minimum absolute atomic E-state index is 0. The van der Waals surface area contributed by atoms with Crippen molar-refractivity contribution in [3.8, 4) is 5.75 Å². The summed E-state index contributed by atoms with van der Waals surface area (Å²) in [6, 6.07) is 6.46. The van der Waals surface area contributed by atoms with Crippen LogP contribution < -0.4 is 10.1 Å².